The van der Waals surface area contributed by atoms with E-state index in [0.717, 1.165) is 4.88 Å². The second-order valence-electron chi connectivity index (χ2n) is 7.24. The Bertz CT molecular complexity index is 904. The zero-order valence-electron chi connectivity index (χ0n) is 16.9. The Balaban J connectivity index is 1.51. The van der Waals surface area contributed by atoms with Crippen molar-refractivity contribution in [3.05, 3.63) is 52.2 Å². The molecule has 3 rings (SSSR count). The second-order valence-corrected chi connectivity index (χ2v) is 10.4. The van der Waals surface area contributed by atoms with Crippen molar-refractivity contribution >= 4 is 27.5 Å². The molecule has 1 N–H and O–H groups in total. The lowest BCUT2D eigenvalue weighted by atomic mass is 10.1. The molecular weight excluding hydrogens is 410 g/mol. The Labute approximate surface area is 176 Å². The van der Waals surface area contributed by atoms with Crippen LogP contribution in [0.5, 0.6) is 5.75 Å². The van der Waals surface area contributed by atoms with Gasteiger partial charge in [0.2, 0.25) is 0 Å². The number of piperidine rings is 1. The molecule has 0 unspecified atom stereocenters. The molecular formula is C20H27N3O4S2. The van der Waals surface area contributed by atoms with Crippen molar-refractivity contribution in [2.45, 2.75) is 31.9 Å². The van der Waals surface area contributed by atoms with E-state index in [2.05, 4.69) is 5.32 Å². The summed E-state index contributed by atoms with van der Waals surface area (Å²) < 4.78 is 33.1. The first-order chi connectivity index (χ1) is 13.8. The highest BCUT2D eigenvalue weighted by molar-refractivity contribution is 7.86. The van der Waals surface area contributed by atoms with Crippen molar-refractivity contribution in [1.29, 1.82) is 0 Å². The molecule has 158 valence electrons. The lowest BCUT2D eigenvalue weighted by Gasteiger charge is -2.32. The lowest BCUT2D eigenvalue weighted by Crippen LogP contribution is -2.46. The molecule has 1 aliphatic rings. The minimum absolute atomic E-state index is 0.0397. The summed E-state index contributed by atoms with van der Waals surface area (Å²) in [6.07, 6.45) is 1.23. The van der Waals surface area contributed by atoms with Gasteiger partial charge >= 0.3 is 0 Å². The molecule has 1 aromatic carbocycles. The number of nitrogens with one attached hydrogen (secondary N) is 1. The molecule has 1 atom stereocenters. The highest BCUT2D eigenvalue weighted by atomic mass is 32.2. The Morgan fingerprint density at radius 2 is 1.86 bits per heavy atom. The number of carbonyl (C=O) groups is 1. The summed E-state index contributed by atoms with van der Waals surface area (Å²) in [5.74, 6) is 0.557. The van der Waals surface area contributed by atoms with Gasteiger partial charge in [-0.3, -0.25) is 4.79 Å². The first-order valence-corrected chi connectivity index (χ1v) is 11.8. The fourth-order valence-corrected chi connectivity index (χ4v) is 5.05. The van der Waals surface area contributed by atoms with Crippen LogP contribution in [0.3, 0.4) is 0 Å². The van der Waals surface area contributed by atoms with E-state index in [1.165, 1.54) is 22.7 Å². The molecule has 0 radical (unpaired) electrons. The van der Waals surface area contributed by atoms with Crippen LogP contribution in [0.25, 0.3) is 0 Å². The van der Waals surface area contributed by atoms with Crippen LogP contribution < -0.4 is 10.1 Å². The first-order valence-electron chi connectivity index (χ1n) is 9.56. The summed E-state index contributed by atoms with van der Waals surface area (Å²) in [5.41, 5.74) is 0.577. The van der Waals surface area contributed by atoms with E-state index in [0.29, 0.717) is 37.2 Å². The minimum atomic E-state index is -3.37. The van der Waals surface area contributed by atoms with Crippen LogP contribution in [0.2, 0.25) is 0 Å². The van der Waals surface area contributed by atoms with Crippen LogP contribution in [0.1, 0.15) is 41.0 Å². The van der Waals surface area contributed by atoms with Crippen LogP contribution in [-0.4, -0.2) is 56.2 Å². The van der Waals surface area contributed by atoms with Gasteiger partial charge in [-0.2, -0.15) is 17.0 Å². The summed E-state index contributed by atoms with van der Waals surface area (Å²) in [4.78, 5) is 13.5. The van der Waals surface area contributed by atoms with Crippen molar-refractivity contribution in [1.82, 2.24) is 13.9 Å². The van der Waals surface area contributed by atoms with Crippen molar-refractivity contribution in [3.63, 3.8) is 0 Å². The van der Waals surface area contributed by atoms with Crippen LogP contribution >= 0.6 is 11.3 Å². The van der Waals surface area contributed by atoms with E-state index in [4.69, 9.17) is 4.74 Å². The average molecular weight is 438 g/mol. The van der Waals surface area contributed by atoms with Crippen LogP contribution in [0, 0.1) is 0 Å². The molecule has 1 amide bonds. The highest BCUT2D eigenvalue weighted by Gasteiger charge is 2.30. The zero-order chi connectivity index (χ0) is 21.0. The maximum atomic E-state index is 12.4. The van der Waals surface area contributed by atoms with Gasteiger partial charge in [0, 0.05) is 37.6 Å². The maximum Gasteiger partial charge on any atom is 0.281 e. The fraction of sp³-hybridized carbons (Fsp3) is 0.450. The van der Waals surface area contributed by atoms with Crippen molar-refractivity contribution in [3.8, 4) is 5.75 Å². The molecule has 0 aliphatic carbocycles. The summed E-state index contributed by atoms with van der Waals surface area (Å²) in [7, 11) is -0.293. The zero-order valence-corrected chi connectivity index (χ0v) is 18.5. The number of hydrogen-bond donors (Lipinski definition) is 1. The summed E-state index contributed by atoms with van der Waals surface area (Å²) >= 11 is 1.61. The summed E-state index contributed by atoms with van der Waals surface area (Å²) in [5, 5.41) is 4.98. The SMILES string of the molecule is C[C@H](NC(=O)c1ccc(OC2CCN(S(=O)(=O)N(C)C)CC2)cc1)c1cccs1. The highest BCUT2D eigenvalue weighted by Crippen LogP contribution is 2.22. The Hall–Kier alpha value is -1.94. The predicted octanol–water partition coefficient (Wildman–Crippen LogP) is 2.89. The molecule has 9 heteroatoms. The summed E-state index contributed by atoms with van der Waals surface area (Å²) in [6.45, 7) is 2.84. The number of benzene rings is 1. The quantitative estimate of drug-likeness (QED) is 0.722. The van der Waals surface area contributed by atoms with Gasteiger partial charge in [0.15, 0.2) is 0 Å². The molecule has 29 heavy (non-hydrogen) atoms. The third kappa shape index (κ3) is 5.36. The van der Waals surface area contributed by atoms with E-state index < -0.39 is 10.2 Å². The smallest absolute Gasteiger partial charge is 0.281 e. The van der Waals surface area contributed by atoms with E-state index in [1.807, 2.05) is 24.4 Å². The number of hydrogen-bond acceptors (Lipinski definition) is 5. The lowest BCUT2D eigenvalue weighted by molar-refractivity contribution is 0.0940. The van der Waals surface area contributed by atoms with Crippen LogP contribution in [0.15, 0.2) is 41.8 Å². The van der Waals surface area contributed by atoms with Crippen molar-refractivity contribution < 1.29 is 17.9 Å². The first kappa shape index (κ1) is 21.8. The third-order valence-corrected chi connectivity index (χ3v) is 7.92. The fourth-order valence-electron chi connectivity index (χ4n) is 3.18. The van der Waals surface area contributed by atoms with E-state index in [9.17, 15) is 13.2 Å². The monoisotopic (exact) mass is 437 g/mol. The second kappa shape index (κ2) is 9.25. The molecule has 0 bridgehead atoms. The average Bonchev–Trinajstić information content (AvgIpc) is 3.24. The molecule has 1 saturated heterocycles. The molecule has 1 aliphatic heterocycles. The standard InChI is InChI=1S/C20H27N3O4S2/c1-15(19-5-4-14-28-19)21-20(24)16-6-8-17(9-7-16)27-18-10-12-23(13-11-18)29(25,26)22(2)3/h4-9,14-15,18H,10-13H2,1-3H3,(H,21,24)/t15-/m0/s1. The van der Waals surface area contributed by atoms with Gasteiger partial charge in [-0.25, -0.2) is 0 Å². The van der Waals surface area contributed by atoms with Crippen LogP contribution in [-0.2, 0) is 10.2 Å². The van der Waals surface area contributed by atoms with Gasteiger partial charge in [-0.15, -0.1) is 11.3 Å². The number of ether oxygens (including phenoxy) is 1. The normalized spacial score (nSPS) is 17.2. The van der Waals surface area contributed by atoms with Gasteiger partial charge in [-0.1, -0.05) is 6.07 Å². The minimum Gasteiger partial charge on any atom is -0.490 e. The third-order valence-electron chi connectivity index (χ3n) is 4.93. The molecule has 7 nitrogen and oxygen atoms in total. The van der Waals surface area contributed by atoms with Gasteiger partial charge < -0.3 is 10.1 Å². The van der Waals surface area contributed by atoms with Gasteiger partial charge in [0.05, 0.1) is 6.04 Å². The van der Waals surface area contributed by atoms with Crippen molar-refractivity contribution in [2.75, 3.05) is 27.2 Å². The number of thiophene rings is 1. The number of rotatable bonds is 7. The van der Waals surface area contributed by atoms with Gasteiger partial charge in [-0.05, 0) is 55.5 Å². The number of nitrogens with zero attached hydrogens (tertiary/aromatic N) is 2. The maximum absolute atomic E-state index is 12.4. The van der Waals surface area contributed by atoms with Crippen LogP contribution in [0.4, 0.5) is 0 Å². The number of amides is 1. The van der Waals surface area contributed by atoms with Gasteiger partial charge in [0.25, 0.3) is 16.1 Å². The van der Waals surface area contributed by atoms with E-state index in [1.54, 1.807) is 35.6 Å². The predicted molar refractivity (Wildman–Crippen MR) is 114 cm³/mol. The molecule has 1 fully saturated rings. The summed E-state index contributed by atoms with van der Waals surface area (Å²) in [6, 6.07) is 11.0. The Morgan fingerprint density at radius 3 is 2.41 bits per heavy atom. The van der Waals surface area contributed by atoms with Gasteiger partial charge in [0.1, 0.15) is 11.9 Å². The van der Waals surface area contributed by atoms with E-state index in [-0.39, 0.29) is 18.1 Å². The number of carbonyl (C=O) groups excluding carboxylic acids is 1. The molecule has 2 aromatic rings. The molecule has 1 aromatic heterocycles. The molecule has 2 heterocycles. The Morgan fingerprint density at radius 1 is 1.21 bits per heavy atom. The van der Waals surface area contributed by atoms with Crippen molar-refractivity contribution in [2.24, 2.45) is 0 Å². The largest absolute Gasteiger partial charge is 0.490 e. The Kier molecular flexibility index (Phi) is 6.94. The molecule has 0 saturated carbocycles. The topological polar surface area (TPSA) is 79.0 Å². The molecule has 0 spiro atoms. The van der Waals surface area contributed by atoms with E-state index >= 15 is 0 Å².